The highest BCUT2D eigenvalue weighted by molar-refractivity contribution is 7.21. The van der Waals surface area contributed by atoms with Crippen molar-refractivity contribution < 1.29 is 23.5 Å². The number of halogens is 1. The fourth-order valence-corrected chi connectivity index (χ4v) is 3.05. The van der Waals surface area contributed by atoms with E-state index < -0.39 is 11.8 Å². The zero-order valence-corrected chi connectivity index (χ0v) is 13.3. The van der Waals surface area contributed by atoms with Gasteiger partial charge in [0.1, 0.15) is 10.7 Å². The molecule has 2 aromatic rings. The molecule has 0 bridgehead atoms. The van der Waals surface area contributed by atoms with Crippen molar-refractivity contribution in [2.75, 3.05) is 27.8 Å². The number of nitrogens with zero attached hydrogens (tertiary/aromatic N) is 1. The van der Waals surface area contributed by atoms with Crippen molar-refractivity contribution in [1.82, 2.24) is 4.90 Å². The smallest absolute Gasteiger partial charge is 0.349 e. The number of thiophene rings is 1. The highest BCUT2D eigenvalue weighted by Gasteiger charge is 2.22. The Morgan fingerprint density at radius 1 is 1.32 bits per heavy atom. The van der Waals surface area contributed by atoms with Crippen molar-refractivity contribution in [2.24, 2.45) is 0 Å². The van der Waals surface area contributed by atoms with Gasteiger partial charge in [0.15, 0.2) is 6.61 Å². The Bertz CT molecular complexity index is 711. The molecule has 0 aliphatic carbocycles. The number of rotatable bonds is 5. The molecule has 1 amide bonds. The minimum Gasteiger partial charge on any atom is -0.451 e. The minimum absolute atomic E-state index is 0.0903. The van der Waals surface area contributed by atoms with E-state index in [1.807, 2.05) is 0 Å². The van der Waals surface area contributed by atoms with Gasteiger partial charge in [-0.2, -0.15) is 0 Å². The van der Waals surface area contributed by atoms with Crippen LogP contribution in [0.1, 0.15) is 15.2 Å². The highest BCUT2D eigenvalue weighted by atomic mass is 32.1. The first-order valence-corrected chi connectivity index (χ1v) is 7.33. The second-order valence-corrected chi connectivity index (χ2v) is 5.87. The molecular formula is C15H16FNO4S. The van der Waals surface area contributed by atoms with Gasteiger partial charge in [-0.05, 0) is 12.1 Å². The van der Waals surface area contributed by atoms with E-state index in [4.69, 9.17) is 9.47 Å². The normalized spacial score (nSPS) is 10.7. The average molecular weight is 325 g/mol. The molecule has 2 rings (SSSR count). The van der Waals surface area contributed by atoms with Crippen LogP contribution in [0.3, 0.4) is 0 Å². The number of carbonyl (C=O) groups is 2. The fourth-order valence-electron chi connectivity index (χ4n) is 1.94. The summed E-state index contributed by atoms with van der Waals surface area (Å²) in [5.74, 6) is -1.39. The van der Waals surface area contributed by atoms with Gasteiger partial charge < -0.3 is 14.4 Å². The number of esters is 1. The number of hydrogen-bond donors (Lipinski definition) is 0. The lowest BCUT2D eigenvalue weighted by Gasteiger charge is -2.10. The number of ether oxygens (including phenoxy) is 2. The van der Waals surface area contributed by atoms with Gasteiger partial charge in [-0.15, -0.1) is 11.3 Å². The van der Waals surface area contributed by atoms with Crippen LogP contribution in [-0.2, 0) is 20.9 Å². The average Bonchev–Trinajstić information content (AvgIpc) is 2.85. The second kappa shape index (κ2) is 6.85. The Morgan fingerprint density at radius 2 is 2.05 bits per heavy atom. The summed E-state index contributed by atoms with van der Waals surface area (Å²) in [6.45, 7) is -0.262. The maximum absolute atomic E-state index is 14.0. The summed E-state index contributed by atoms with van der Waals surface area (Å²) in [6.07, 6.45) is 0. The lowest BCUT2D eigenvalue weighted by Crippen LogP contribution is -2.27. The quantitative estimate of drug-likeness (QED) is 0.792. The van der Waals surface area contributed by atoms with Gasteiger partial charge in [-0.25, -0.2) is 9.18 Å². The third kappa shape index (κ3) is 3.26. The maximum atomic E-state index is 14.0. The van der Waals surface area contributed by atoms with E-state index in [0.29, 0.717) is 15.6 Å². The number of fused-ring (bicyclic) bond motifs is 1. The third-order valence-electron chi connectivity index (χ3n) is 3.06. The molecule has 0 saturated heterocycles. The van der Waals surface area contributed by atoms with Crippen LogP contribution in [0.4, 0.5) is 4.39 Å². The molecule has 0 N–H and O–H groups in total. The molecule has 5 nitrogen and oxygen atoms in total. The molecular weight excluding hydrogens is 309 g/mol. The van der Waals surface area contributed by atoms with Crippen LogP contribution >= 0.6 is 11.3 Å². The molecule has 0 spiro atoms. The first-order valence-electron chi connectivity index (χ1n) is 6.51. The molecule has 22 heavy (non-hydrogen) atoms. The summed E-state index contributed by atoms with van der Waals surface area (Å²) in [7, 11) is 4.61. The molecule has 0 aliphatic heterocycles. The van der Waals surface area contributed by atoms with Crippen molar-refractivity contribution in [1.29, 1.82) is 0 Å². The Kier molecular flexibility index (Phi) is 5.10. The van der Waals surface area contributed by atoms with Crippen molar-refractivity contribution in [3.63, 3.8) is 0 Å². The molecule has 1 aromatic heterocycles. The summed E-state index contributed by atoms with van der Waals surface area (Å²) in [5, 5.41) is 0.361. The summed E-state index contributed by atoms with van der Waals surface area (Å²) < 4.78 is 24.7. The molecule has 0 atom stereocenters. The van der Waals surface area contributed by atoms with Gasteiger partial charge in [0.2, 0.25) is 0 Å². The molecule has 0 radical (unpaired) electrons. The van der Waals surface area contributed by atoms with Gasteiger partial charge in [0, 0.05) is 36.9 Å². The fraction of sp³-hybridized carbons (Fsp3) is 0.333. The highest BCUT2D eigenvalue weighted by Crippen LogP contribution is 2.34. The number of amides is 1. The Morgan fingerprint density at radius 3 is 2.68 bits per heavy atom. The van der Waals surface area contributed by atoms with Crippen molar-refractivity contribution in [2.45, 2.75) is 6.61 Å². The number of carbonyl (C=O) groups excluding carboxylic acids is 2. The van der Waals surface area contributed by atoms with Crippen molar-refractivity contribution in [3.8, 4) is 0 Å². The van der Waals surface area contributed by atoms with Crippen LogP contribution in [0, 0.1) is 5.82 Å². The Hall–Kier alpha value is -1.99. The van der Waals surface area contributed by atoms with Gasteiger partial charge in [-0.3, -0.25) is 4.79 Å². The number of benzene rings is 1. The Balaban J connectivity index is 2.33. The predicted molar refractivity (Wildman–Crippen MR) is 81.5 cm³/mol. The van der Waals surface area contributed by atoms with Gasteiger partial charge in [0.25, 0.3) is 5.91 Å². The maximum Gasteiger partial charge on any atom is 0.349 e. The van der Waals surface area contributed by atoms with E-state index in [1.54, 1.807) is 26.2 Å². The summed E-state index contributed by atoms with van der Waals surface area (Å²) in [6, 6.07) is 4.64. The Labute approximate surface area is 131 Å². The lowest BCUT2D eigenvalue weighted by molar-refractivity contribution is -0.131. The van der Waals surface area contributed by atoms with Crippen molar-refractivity contribution in [3.05, 3.63) is 34.5 Å². The van der Waals surface area contributed by atoms with Gasteiger partial charge in [-0.1, -0.05) is 6.07 Å². The molecule has 0 unspecified atom stereocenters. The van der Waals surface area contributed by atoms with E-state index >= 15 is 0 Å². The van der Waals surface area contributed by atoms with E-state index in [1.165, 1.54) is 18.1 Å². The first kappa shape index (κ1) is 16.4. The van der Waals surface area contributed by atoms with Crippen LogP contribution in [0.15, 0.2) is 18.2 Å². The van der Waals surface area contributed by atoms with Gasteiger partial charge in [0.05, 0.1) is 6.61 Å². The topological polar surface area (TPSA) is 55.8 Å². The zero-order valence-electron chi connectivity index (χ0n) is 12.5. The van der Waals surface area contributed by atoms with Crippen LogP contribution in [-0.4, -0.2) is 44.6 Å². The summed E-state index contributed by atoms with van der Waals surface area (Å²) in [5.41, 5.74) is 0.447. The van der Waals surface area contributed by atoms with E-state index in [0.717, 1.165) is 11.3 Å². The predicted octanol–water partition coefficient (Wildman–Crippen LogP) is 2.43. The standard InChI is InChI=1S/C15H16FNO4S/c1-17(2)12(18)8-21-15(19)14-9(7-20-3)13-10(16)5-4-6-11(13)22-14/h4-6H,7-8H2,1-3H3. The van der Waals surface area contributed by atoms with E-state index in [2.05, 4.69) is 0 Å². The monoisotopic (exact) mass is 325 g/mol. The molecule has 0 aliphatic rings. The second-order valence-electron chi connectivity index (χ2n) is 4.82. The molecule has 0 saturated carbocycles. The third-order valence-corrected chi connectivity index (χ3v) is 4.24. The van der Waals surface area contributed by atoms with Crippen LogP contribution in [0.2, 0.25) is 0 Å². The SMILES string of the molecule is COCc1c(C(=O)OCC(=O)N(C)C)sc2cccc(F)c12. The zero-order chi connectivity index (χ0) is 16.3. The number of hydrogen-bond acceptors (Lipinski definition) is 5. The number of methoxy groups -OCH3 is 1. The molecule has 0 fully saturated rings. The largest absolute Gasteiger partial charge is 0.451 e. The van der Waals surface area contributed by atoms with Crippen LogP contribution < -0.4 is 0 Å². The lowest BCUT2D eigenvalue weighted by atomic mass is 10.1. The molecule has 7 heteroatoms. The minimum atomic E-state index is -0.650. The van der Waals surface area contributed by atoms with E-state index in [9.17, 15) is 14.0 Å². The summed E-state index contributed by atoms with van der Waals surface area (Å²) in [4.78, 5) is 25.3. The summed E-state index contributed by atoms with van der Waals surface area (Å²) >= 11 is 1.13. The van der Waals surface area contributed by atoms with Crippen LogP contribution in [0.25, 0.3) is 10.1 Å². The van der Waals surface area contributed by atoms with Crippen molar-refractivity contribution >= 4 is 33.3 Å². The number of likely N-dealkylation sites (N-methyl/N-ethyl adjacent to an activating group) is 1. The molecule has 118 valence electrons. The van der Waals surface area contributed by atoms with E-state index in [-0.39, 0.29) is 24.0 Å². The molecule has 1 heterocycles. The first-order chi connectivity index (χ1) is 10.5. The van der Waals surface area contributed by atoms with Gasteiger partial charge >= 0.3 is 5.97 Å². The van der Waals surface area contributed by atoms with Crippen LogP contribution in [0.5, 0.6) is 0 Å². The molecule has 1 aromatic carbocycles.